The van der Waals surface area contributed by atoms with Crippen LogP contribution in [0.1, 0.15) is 17.2 Å². The SMILES string of the molecule is C=CCOc1ccc(CNCc2ncc(C)o2)cc1. The van der Waals surface area contributed by atoms with Crippen LogP contribution in [0, 0.1) is 6.92 Å². The van der Waals surface area contributed by atoms with Gasteiger partial charge in [-0.05, 0) is 24.6 Å². The molecule has 4 heteroatoms. The lowest BCUT2D eigenvalue weighted by Crippen LogP contribution is -2.12. The molecular formula is C15H18N2O2. The van der Waals surface area contributed by atoms with Gasteiger partial charge in [-0.2, -0.15) is 0 Å². The van der Waals surface area contributed by atoms with Crippen LogP contribution in [0.3, 0.4) is 0 Å². The van der Waals surface area contributed by atoms with Crippen molar-refractivity contribution in [3.05, 3.63) is 60.3 Å². The Morgan fingerprint density at radius 3 is 2.74 bits per heavy atom. The Morgan fingerprint density at radius 1 is 1.32 bits per heavy atom. The molecule has 0 aliphatic heterocycles. The van der Waals surface area contributed by atoms with Crippen LogP contribution in [0.4, 0.5) is 0 Å². The van der Waals surface area contributed by atoms with Crippen LogP contribution in [0.15, 0.2) is 47.5 Å². The van der Waals surface area contributed by atoms with E-state index in [-0.39, 0.29) is 0 Å². The number of ether oxygens (including phenoxy) is 1. The van der Waals surface area contributed by atoms with E-state index in [0.29, 0.717) is 19.0 Å². The molecule has 2 rings (SSSR count). The van der Waals surface area contributed by atoms with E-state index in [1.54, 1.807) is 12.3 Å². The smallest absolute Gasteiger partial charge is 0.208 e. The van der Waals surface area contributed by atoms with Gasteiger partial charge in [0.2, 0.25) is 5.89 Å². The standard InChI is InChI=1S/C15H18N2O2/c1-3-8-18-14-6-4-13(5-7-14)10-16-11-15-17-9-12(2)19-15/h3-7,9,16H,1,8,10-11H2,2H3. The Kier molecular flexibility index (Phi) is 4.75. The Bertz CT molecular complexity index is 517. The van der Waals surface area contributed by atoms with E-state index in [4.69, 9.17) is 9.15 Å². The van der Waals surface area contributed by atoms with E-state index in [0.717, 1.165) is 18.1 Å². The van der Waals surface area contributed by atoms with Crippen molar-refractivity contribution in [2.24, 2.45) is 0 Å². The highest BCUT2D eigenvalue weighted by molar-refractivity contribution is 5.27. The fraction of sp³-hybridized carbons (Fsp3) is 0.267. The van der Waals surface area contributed by atoms with Gasteiger partial charge in [-0.3, -0.25) is 0 Å². The lowest BCUT2D eigenvalue weighted by atomic mass is 10.2. The van der Waals surface area contributed by atoms with Crippen LogP contribution in [0.2, 0.25) is 0 Å². The molecular weight excluding hydrogens is 240 g/mol. The molecule has 0 bridgehead atoms. The highest BCUT2D eigenvalue weighted by Gasteiger charge is 2.00. The van der Waals surface area contributed by atoms with Crippen LogP contribution >= 0.6 is 0 Å². The summed E-state index contributed by atoms with van der Waals surface area (Å²) in [6.07, 6.45) is 3.45. The molecule has 0 unspecified atom stereocenters. The summed E-state index contributed by atoms with van der Waals surface area (Å²) in [5, 5.41) is 3.28. The number of hydrogen-bond acceptors (Lipinski definition) is 4. The second-order valence-corrected chi connectivity index (χ2v) is 4.21. The second-order valence-electron chi connectivity index (χ2n) is 4.21. The fourth-order valence-electron chi connectivity index (χ4n) is 1.66. The van der Waals surface area contributed by atoms with E-state index < -0.39 is 0 Å². The minimum Gasteiger partial charge on any atom is -0.490 e. The third kappa shape index (κ3) is 4.26. The number of rotatable bonds is 7. The first-order valence-corrected chi connectivity index (χ1v) is 6.22. The Hall–Kier alpha value is -2.07. The average Bonchev–Trinajstić information content (AvgIpc) is 2.84. The molecule has 1 aromatic heterocycles. The van der Waals surface area contributed by atoms with Crippen molar-refractivity contribution < 1.29 is 9.15 Å². The Morgan fingerprint density at radius 2 is 2.11 bits per heavy atom. The molecule has 0 spiro atoms. The van der Waals surface area contributed by atoms with Gasteiger partial charge in [0.05, 0.1) is 12.7 Å². The van der Waals surface area contributed by atoms with Crippen molar-refractivity contribution in [3.8, 4) is 5.75 Å². The summed E-state index contributed by atoms with van der Waals surface area (Å²) in [6, 6.07) is 7.98. The summed E-state index contributed by atoms with van der Waals surface area (Å²) in [5.41, 5.74) is 1.19. The van der Waals surface area contributed by atoms with E-state index in [1.807, 2.05) is 31.2 Å². The summed E-state index contributed by atoms with van der Waals surface area (Å²) in [6.45, 7) is 7.43. The van der Waals surface area contributed by atoms with Gasteiger partial charge in [-0.25, -0.2) is 4.98 Å². The summed E-state index contributed by atoms with van der Waals surface area (Å²) in [5.74, 6) is 2.40. The molecule has 4 nitrogen and oxygen atoms in total. The molecule has 0 saturated carbocycles. The maximum Gasteiger partial charge on any atom is 0.208 e. The van der Waals surface area contributed by atoms with Gasteiger partial charge in [0, 0.05) is 6.54 Å². The van der Waals surface area contributed by atoms with Crippen LogP contribution in [0.25, 0.3) is 0 Å². The van der Waals surface area contributed by atoms with Crippen LogP contribution < -0.4 is 10.1 Å². The molecule has 1 N–H and O–H groups in total. The molecule has 100 valence electrons. The Labute approximate surface area is 113 Å². The second kappa shape index (κ2) is 6.75. The number of oxazole rings is 1. The van der Waals surface area contributed by atoms with Crippen molar-refractivity contribution in [1.82, 2.24) is 10.3 Å². The zero-order valence-electron chi connectivity index (χ0n) is 11.1. The molecule has 0 aliphatic rings. The summed E-state index contributed by atoms with van der Waals surface area (Å²) in [4.78, 5) is 4.14. The third-order valence-electron chi connectivity index (χ3n) is 2.57. The first kappa shape index (κ1) is 13.4. The average molecular weight is 258 g/mol. The van der Waals surface area contributed by atoms with Crippen molar-refractivity contribution in [2.75, 3.05) is 6.61 Å². The highest BCUT2D eigenvalue weighted by atomic mass is 16.5. The predicted molar refractivity (Wildman–Crippen MR) is 73.9 cm³/mol. The van der Waals surface area contributed by atoms with Gasteiger partial charge in [0.1, 0.15) is 18.1 Å². The third-order valence-corrected chi connectivity index (χ3v) is 2.57. The van der Waals surface area contributed by atoms with Crippen molar-refractivity contribution in [2.45, 2.75) is 20.0 Å². The molecule has 0 atom stereocenters. The lowest BCUT2D eigenvalue weighted by molar-refractivity contribution is 0.363. The number of aromatic nitrogens is 1. The van der Waals surface area contributed by atoms with Crippen LogP contribution in [0.5, 0.6) is 5.75 Å². The molecule has 0 amide bonds. The van der Waals surface area contributed by atoms with Gasteiger partial charge in [-0.15, -0.1) is 0 Å². The molecule has 1 heterocycles. The van der Waals surface area contributed by atoms with Gasteiger partial charge in [0.15, 0.2) is 0 Å². The zero-order valence-corrected chi connectivity index (χ0v) is 11.1. The predicted octanol–water partition coefficient (Wildman–Crippen LogP) is 2.84. The van der Waals surface area contributed by atoms with E-state index >= 15 is 0 Å². The molecule has 0 radical (unpaired) electrons. The number of benzene rings is 1. The minimum atomic E-state index is 0.529. The summed E-state index contributed by atoms with van der Waals surface area (Å²) < 4.78 is 10.8. The maximum absolute atomic E-state index is 5.42. The fourth-order valence-corrected chi connectivity index (χ4v) is 1.66. The van der Waals surface area contributed by atoms with Gasteiger partial charge >= 0.3 is 0 Å². The largest absolute Gasteiger partial charge is 0.490 e. The lowest BCUT2D eigenvalue weighted by Gasteiger charge is -2.05. The molecule has 1 aromatic carbocycles. The normalized spacial score (nSPS) is 10.4. The van der Waals surface area contributed by atoms with Crippen molar-refractivity contribution in [3.63, 3.8) is 0 Å². The summed E-state index contributed by atoms with van der Waals surface area (Å²) >= 11 is 0. The first-order chi connectivity index (χ1) is 9.28. The summed E-state index contributed by atoms with van der Waals surface area (Å²) in [7, 11) is 0. The zero-order chi connectivity index (χ0) is 13.5. The van der Waals surface area contributed by atoms with Crippen LogP contribution in [-0.4, -0.2) is 11.6 Å². The van der Waals surface area contributed by atoms with Crippen molar-refractivity contribution in [1.29, 1.82) is 0 Å². The topological polar surface area (TPSA) is 47.3 Å². The van der Waals surface area contributed by atoms with Crippen molar-refractivity contribution >= 4 is 0 Å². The molecule has 0 aliphatic carbocycles. The number of aryl methyl sites for hydroxylation is 1. The molecule has 0 saturated heterocycles. The first-order valence-electron chi connectivity index (χ1n) is 6.22. The maximum atomic E-state index is 5.42. The quantitative estimate of drug-likeness (QED) is 0.776. The van der Waals surface area contributed by atoms with Gasteiger partial charge < -0.3 is 14.5 Å². The van der Waals surface area contributed by atoms with Gasteiger partial charge in [0.25, 0.3) is 0 Å². The van der Waals surface area contributed by atoms with E-state index in [9.17, 15) is 0 Å². The Balaban J connectivity index is 1.78. The highest BCUT2D eigenvalue weighted by Crippen LogP contribution is 2.12. The van der Waals surface area contributed by atoms with E-state index in [2.05, 4.69) is 16.9 Å². The molecule has 2 aromatic rings. The molecule has 0 fully saturated rings. The number of nitrogens with one attached hydrogen (secondary N) is 1. The van der Waals surface area contributed by atoms with Crippen LogP contribution in [-0.2, 0) is 13.1 Å². The molecule has 19 heavy (non-hydrogen) atoms. The monoisotopic (exact) mass is 258 g/mol. The van der Waals surface area contributed by atoms with E-state index in [1.165, 1.54) is 5.56 Å². The number of hydrogen-bond donors (Lipinski definition) is 1. The minimum absolute atomic E-state index is 0.529. The van der Waals surface area contributed by atoms with Gasteiger partial charge in [-0.1, -0.05) is 24.8 Å². The number of nitrogens with zero attached hydrogens (tertiary/aromatic N) is 1.